The molecule has 1 aromatic heterocycles. The van der Waals surface area contributed by atoms with Gasteiger partial charge in [-0.25, -0.2) is 0 Å². The van der Waals surface area contributed by atoms with E-state index in [-0.39, 0.29) is 5.91 Å². The molecule has 0 bridgehead atoms. The lowest BCUT2D eigenvalue weighted by Gasteiger charge is -2.32. The summed E-state index contributed by atoms with van der Waals surface area (Å²) in [6, 6.07) is 0.344. The van der Waals surface area contributed by atoms with Gasteiger partial charge in [-0.3, -0.25) is 9.69 Å². The zero-order valence-electron chi connectivity index (χ0n) is 13.1. The van der Waals surface area contributed by atoms with E-state index < -0.39 is 0 Å². The summed E-state index contributed by atoms with van der Waals surface area (Å²) in [5.41, 5.74) is 1.92. The summed E-state index contributed by atoms with van der Waals surface area (Å²) in [7, 11) is 0. The van der Waals surface area contributed by atoms with Crippen LogP contribution in [0, 0.1) is 13.8 Å². The summed E-state index contributed by atoms with van der Waals surface area (Å²) < 4.78 is 10.4. The Labute approximate surface area is 125 Å². The standard InChI is InChI=1S/C15H25N3O3/c1-11(18-6-8-20-9-7-18)10-16-15(19)5-4-14-12(2)17-21-13(14)3/h11H,4-10H2,1-3H3,(H,16,19). The minimum Gasteiger partial charge on any atom is -0.379 e. The van der Waals surface area contributed by atoms with Crippen molar-refractivity contribution in [3.8, 4) is 0 Å². The van der Waals surface area contributed by atoms with Crippen LogP contribution in [0.5, 0.6) is 0 Å². The van der Waals surface area contributed by atoms with Gasteiger partial charge in [-0.1, -0.05) is 5.16 Å². The highest BCUT2D eigenvalue weighted by molar-refractivity contribution is 5.76. The quantitative estimate of drug-likeness (QED) is 0.850. The van der Waals surface area contributed by atoms with Gasteiger partial charge in [-0.2, -0.15) is 0 Å². The molecule has 0 spiro atoms. The van der Waals surface area contributed by atoms with Crippen LogP contribution in [-0.2, 0) is 16.0 Å². The Hall–Kier alpha value is -1.40. The van der Waals surface area contributed by atoms with Crippen molar-refractivity contribution >= 4 is 5.91 Å². The Kier molecular flexibility index (Phi) is 5.76. The highest BCUT2D eigenvalue weighted by Gasteiger charge is 2.17. The van der Waals surface area contributed by atoms with Gasteiger partial charge in [-0.15, -0.1) is 0 Å². The lowest BCUT2D eigenvalue weighted by Crippen LogP contribution is -2.47. The van der Waals surface area contributed by atoms with Crippen LogP contribution in [-0.4, -0.2) is 54.9 Å². The Balaban J connectivity index is 1.70. The summed E-state index contributed by atoms with van der Waals surface area (Å²) in [6.07, 6.45) is 1.15. The molecule has 0 radical (unpaired) electrons. The molecule has 1 fully saturated rings. The second-order valence-corrected chi connectivity index (χ2v) is 5.60. The van der Waals surface area contributed by atoms with Crippen molar-refractivity contribution in [1.82, 2.24) is 15.4 Å². The molecular weight excluding hydrogens is 270 g/mol. The molecule has 0 aliphatic carbocycles. The van der Waals surface area contributed by atoms with Gasteiger partial charge < -0.3 is 14.6 Å². The molecule has 1 unspecified atom stereocenters. The van der Waals surface area contributed by atoms with Crippen LogP contribution in [0.15, 0.2) is 4.52 Å². The molecular formula is C15H25N3O3. The summed E-state index contributed by atoms with van der Waals surface area (Å²) in [6.45, 7) is 10.1. The Morgan fingerprint density at radius 2 is 2.10 bits per heavy atom. The van der Waals surface area contributed by atoms with Crippen molar-refractivity contribution in [1.29, 1.82) is 0 Å². The highest BCUT2D eigenvalue weighted by atomic mass is 16.5. The number of rotatable bonds is 6. The first-order valence-corrected chi connectivity index (χ1v) is 7.58. The molecule has 1 aromatic rings. The maximum absolute atomic E-state index is 11.9. The molecule has 1 atom stereocenters. The van der Waals surface area contributed by atoms with Gasteiger partial charge in [0, 0.05) is 37.7 Å². The van der Waals surface area contributed by atoms with Gasteiger partial charge in [0.2, 0.25) is 5.91 Å². The second-order valence-electron chi connectivity index (χ2n) is 5.60. The zero-order chi connectivity index (χ0) is 15.2. The number of carbonyl (C=O) groups is 1. The van der Waals surface area contributed by atoms with E-state index in [9.17, 15) is 4.79 Å². The molecule has 1 aliphatic rings. The number of hydrogen-bond acceptors (Lipinski definition) is 5. The number of aromatic nitrogens is 1. The van der Waals surface area contributed by atoms with Crippen molar-refractivity contribution in [2.75, 3.05) is 32.8 Å². The largest absolute Gasteiger partial charge is 0.379 e. The zero-order valence-corrected chi connectivity index (χ0v) is 13.1. The number of carbonyl (C=O) groups excluding carboxylic acids is 1. The van der Waals surface area contributed by atoms with Crippen molar-refractivity contribution < 1.29 is 14.1 Å². The minimum atomic E-state index is 0.0788. The number of hydrogen-bond donors (Lipinski definition) is 1. The first-order chi connectivity index (χ1) is 10.1. The molecule has 0 saturated carbocycles. The maximum Gasteiger partial charge on any atom is 0.220 e. The predicted molar refractivity (Wildman–Crippen MR) is 79.2 cm³/mol. The molecule has 2 heterocycles. The second kappa shape index (κ2) is 7.56. The Morgan fingerprint density at radius 1 is 1.38 bits per heavy atom. The molecule has 1 amide bonds. The van der Waals surface area contributed by atoms with E-state index in [4.69, 9.17) is 9.26 Å². The SMILES string of the molecule is Cc1noc(C)c1CCC(=O)NCC(C)N1CCOCC1. The van der Waals surface area contributed by atoms with Gasteiger partial charge in [0.05, 0.1) is 18.9 Å². The van der Waals surface area contributed by atoms with E-state index in [1.807, 2.05) is 13.8 Å². The number of morpholine rings is 1. The summed E-state index contributed by atoms with van der Waals surface area (Å²) in [5.74, 6) is 0.886. The van der Waals surface area contributed by atoms with E-state index in [2.05, 4.69) is 22.3 Å². The average Bonchev–Trinajstić information content (AvgIpc) is 2.82. The van der Waals surface area contributed by atoms with Crippen LogP contribution >= 0.6 is 0 Å². The molecule has 21 heavy (non-hydrogen) atoms. The first-order valence-electron chi connectivity index (χ1n) is 7.58. The minimum absolute atomic E-state index is 0.0788. The average molecular weight is 295 g/mol. The lowest BCUT2D eigenvalue weighted by molar-refractivity contribution is -0.121. The highest BCUT2D eigenvalue weighted by Crippen LogP contribution is 2.14. The monoisotopic (exact) mass is 295 g/mol. The Morgan fingerprint density at radius 3 is 2.71 bits per heavy atom. The van der Waals surface area contributed by atoms with Crippen LogP contribution < -0.4 is 5.32 Å². The van der Waals surface area contributed by atoms with Gasteiger partial charge in [-0.05, 0) is 27.2 Å². The third kappa shape index (κ3) is 4.54. The van der Waals surface area contributed by atoms with Crippen LogP contribution in [0.1, 0.15) is 30.4 Å². The lowest BCUT2D eigenvalue weighted by atomic mass is 10.1. The van der Waals surface area contributed by atoms with Crippen molar-refractivity contribution in [3.63, 3.8) is 0 Å². The van der Waals surface area contributed by atoms with Crippen LogP contribution in [0.4, 0.5) is 0 Å². The van der Waals surface area contributed by atoms with E-state index in [1.54, 1.807) is 0 Å². The van der Waals surface area contributed by atoms with Crippen LogP contribution in [0.25, 0.3) is 0 Å². The maximum atomic E-state index is 11.9. The third-order valence-corrected chi connectivity index (χ3v) is 4.05. The molecule has 0 aromatic carbocycles. The van der Waals surface area contributed by atoms with E-state index in [1.165, 1.54) is 0 Å². The Bertz CT molecular complexity index is 447. The molecule has 6 nitrogen and oxygen atoms in total. The number of ether oxygens (including phenoxy) is 1. The van der Waals surface area contributed by atoms with Gasteiger partial charge in [0.1, 0.15) is 5.76 Å². The predicted octanol–water partition coefficient (Wildman–Crippen LogP) is 1.06. The fourth-order valence-electron chi connectivity index (χ4n) is 2.59. The fourth-order valence-corrected chi connectivity index (χ4v) is 2.59. The van der Waals surface area contributed by atoms with Crippen molar-refractivity contribution in [3.05, 3.63) is 17.0 Å². The normalized spacial score (nSPS) is 17.7. The van der Waals surface area contributed by atoms with Crippen LogP contribution in [0.2, 0.25) is 0 Å². The summed E-state index contributed by atoms with van der Waals surface area (Å²) >= 11 is 0. The number of aryl methyl sites for hydroxylation is 2. The first kappa shape index (κ1) is 16.0. The molecule has 1 saturated heterocycles. The third-order valence-electron chi connectivity index (χ3n) is 4.05. The van der Waals surface area contributed by atoms with E-state index in [0.717, 1.165) is 43.3 Å². The number of amides is 1. The summed E-state index contributed by atoms with van der Waals surface area (Å²) in [5, 5.41) is 6.91. The van der Waals surface area contributed by atoms with E-state index >= 15 is 0 Å². The number of nitrogens with zero attached hydrogens (tertiary/aromatic N) is 2. The fraction of sp³-hybridized carbons (Fsp3) is 0.733. The van der Waals surface area contributed by atoms with Gasteiger partial charge in [0.15, 0.2) is 0 Å². The molecule has 1 N–H and O–H groups in total. The van der Waals surface area contributed by atoms with Crippen molar-refractivity contribution in [2.45, 2.75) is 39.7 Å². The smallest absolute Gasteiger partial charge is 0.220 e. The molecule has 2 rings (SSSR count). The van der Waals surface area contributed by atoms with Gasteiger partial charge >= 0.3 is 0 Å². The summed E-state index contributed by atoms with van der Waals surface area (Å²) in [4.78, 5) is 14.3. The molecule has 1 aliphatic heterocycles. The van der Waals surface area contributed by atoms with E-state index in [0.29, 0.717) is 25.4 Å². The molecule has 6 heteroatoms. The molecule has 118 valence electrons. The van der Waals surface area contributed by atoms with Gasteiger partial charge in [0.25, 0.3) is 0 Å². The van der Waals surface area contributed by atoms with Crippen LogP contribution in [0.3, 0.4) is 0 Å². The number of nitrogens with one attached hydrogen (secondary N) is 1. The van der Waals surface area contributed by atoms with Crippen molar-refractivity contribution in [2.24, 2.45) is 0 Å². The topological polar surface area (TPSA) is 67.6 Å².